The van der Waals surface area contributed by atoms with E-state index in [9.17, 15) is 4.79 Å². The van der Waals surface area contributed by atoms with Crippen molar-refractivity contribution in [3.05, 3.63) is 70.9 Å². The van der Waals surface area contributed by atoms with Gasteiger partial charge in [-0.25, -0.2) is 0 Å². The highest BCUT2D eigenvalue weighted by Gasteiger charge is 2.17. The molecule has 0 saturated heterocycles. The molecule has 1 amide bonds. The van der Waals surface area contributed by atoms with Crippen molar-refractivity contribution in [3.63, 3.8) is 0 Å². The summed E-state index contributed by atoms with van der Waals surface area (Å²) in [6, 6.07) is 16.0. The Labute approximate surface area is 148 Å². The molecular formula is C19H17N3O2S. The number of anilines is 1. The highest BCUT2D eigenvalue weighted by atomic mass is 32.1. The second-order valence-corrected chi connectivity index (χ2v) is 6.81. The van der Waals surface area contributed by atoms with Gasteiger partial charge >= 0.3 is 0 Å². The van der Waals surface area contributed by atoms with Gasteiger partial charge in [0.15, 0.2) is 5.82 Å². The van der Waals surface area contributed by atoms with Gasteiger partial charge in [-0.2, -0.15) is 0 Å². The minimum atomic E-state index is -0.176. The number of hydrogen-bond donors (Lipinski definition) is 1. The molecule has 1 aromatic carbocycles. The van der Waals surface area contributed by atoms with Crippen molar-refractivity contribution in [1.29, 1.82) is 0 Å². The van der Waals surface area contributed by atoms with Crippen LogP contribution in [-0.2, 0) is 13.0 Å². The van der Waals surface area contributed by atoms with E-state index in [1.165, 1.54) is 5.56 Å². The Morgan fingerprint density at radius 1 is 1.24 bits per heavy atom. The molecule has 25 heavy (non-hydrogen) atoms. The topological polar surface area (TPSA) is 60.1 Å². The predicted octanol–water partition coefficient (Wildman–Crippen LogP) is 4.49. The van der Waals surface area contributed by atoms with Crippen LogP contribution in [0.15, 0.2) is 58.4 Å². The fraction of sp³-hybridized carbons (Fsp3) is 0.158. The summed E-state index contributed by atoms with van der Waals surface area (Å²) in [4.78, 5) is 12.7. The van der Waals surface area contributed by atoms with Crippen molar-refractivity contribution in [3.8, 4) is 0 Å². The maximum atomic E-state index is 12.7. The molecule has 0 aliphatic heterocycles. The van der Waals surface area contributed by atoms with Crippen LogP contribution in [0.5, 0.6) is 0 Å². The summed E-state index contributed by atoms with van der Waals surface area (Å²) >= 11 is 1.64. The van der Waals surface area contributed by atoms with E-state index in [4.69, 9.17) is 4.52 Å². The minimum Gasteiger partial charge on any atom is -0.360 e. The first-order valence-electron chi connectivity index (χ1n) is 8.06. The van der Waals surface area contributed by atoms with Crippen molar-refractivity contribution in [2.24, 2.45) is 0 Å². The lowest BCUT2D eigenvalue weighted by atomic mass is 10.1. The van der Waals surface area contributed by atoms with Crippen LogP contribution in [0, 0.1) is 6.92 Å². The SMILES string of the molecule is Cc1cc(NC(=O)c2cc3sccc3n2CCc2ccccc2)no1. The maximum Gasteiger partial charge on any atom is 0.273 e. The average molecular weight is 351 g/mol. The zero-order chi connectivity index (χ0) is 17.2. The molecule has 0 aliphatic rings. The van der Waals surface area contributed by atoms with E-state index < -0.39 is 0 Å². The highest BCUT2D eigenvalue weighted by molar-refractivity contribution is 7.17. The molecule has 6 heteroatoms. The van der Waals surface area contributed by atoms with Gasteiger partial charge in [0, 0.05) is 12.6 Å². The fourth-order valence-corrected chi connectivity index (χ4v) is 3.72. The van der Waals surface area contributed by atoms with E-state index in [2.05, 4.69) is 33.2 Å². The van der Waals surface area contributed by atoms with E-state index in [1.54, 1.807) is 24.3 Å². The van der Waals surface area contributed by atoms with Gasteiger partial charge < -0.3 is 14.4 Å². The van der Waals surface area contributed by atoms with Gasteiger partial charge in [-0.15, -0.1) is 11.3 Å². The van der Waals surface area contributed by atoms with Crippen molar-refractivity contribution in [2.45, 2.75) is 19.9 Å². The third kappa shape index (κ3) is 3.21. The summed E-state index contributed by atoms with van der Waals surface area (Å²) in [5.74, 6) is 0.919. The molecule has 0 atom stereocenters. The van der Waals surface area contributed by atoms with Crippen LogP contribution < -0.4 is 5.32 Å². The van der Waals surface area contributed by atoms with Gasteiger partial charge in [-0.1, -0.05) is 35.5 Å². The third-order valence-corrected chi connectivity index (χ3v) is 4.94. The van der Waals surface area contributed by atoms with Gasteiger partial charge in [-0.3, -0.25) is 4.79 Å². The Morgan fingerprint density at radius 3 is 2.84 bits per heavy atom. The third-order valence-electron chi connectivity index (χ3n) is 4.09. The van der Waals surface area contributed by atoms with E-state index >= 15 is 0 Å². The van der Waals surface area contributed by atoms with Crippen LogP contribution in [-0.4, -0.2) is 15.6 Å². The number of benzene rings is 1. The number of fused-ring (bicyclic) bond motifs is 1. The van der Waals surface area contributed by atoms with Gasteiger partial charge in [0.25, 0.3) is 5.91 Å². The summed E-state index contributed by atoms with van der Waals surface area (Å²) in [5.41, 5.74) is 2.97. The molecule has 0 fully saturated rings. The fourth-order valence-electron chi connectivity index (χ4n) is 2.90. The number of amides is 1. The van der Waals surface area contributed by atoms with Crippen LogP contribution in [0.2, 0.25) is 0 Å². The zero-order valence-corrected chi connectivity index (χ0v) is 14.5. The Kier molecular flexibility index (Phi) is 4.11. The molecule has 0 saturated carbocycles. The van der Waals surface area contributed by atoms with Gasteiger partial charge in [0.05, 0.1) is 10.2 Å². The number of nitrogens with one attached hydrogen (secondary N) is 1. The Hall–Kier alpha value is -2.86. The highest BCUT2D eigenvalue weighted by Crippen LogP contribution is 2.26. The number of rotatable bonds is 5. The molecule has 0 unspecified atom stereocenters. The summed E-state index contributed by atoms with van der Waals surface area (Å²) < 4.78 is 8.19. The van der Waals surface area contributed by atoms with Gasteiger partial charge in [0.2, 0.25) is 0 Å². The molecule has 3 aromatic heterocycles. The average Bonchev–Trinajstić information content (AvgIpc) is 3.30. The maximum absolute atomic E-state index is 12.7. The molecule has 0 spiro atoms. The molecule has 3 heterocycles. The number of nitrogens with zero attached hydrogens (tertiary/aromatic N) is 2. The Bertz CT molecular complexity index is 1010. The van der Waals surface area contributed by atoms with Crippen molar-refractivity contribution >= 4 is 33.3 Å². The first-order chi connectivity index (χ1) is 12.2. The van der Waals surface area contributed by atoms with Crippen LogP contribution in [0.4, 0.5) is 5.82 Å². The van der Waals surface area contributed by atoms with Crippen molar-refractivity contribution < 1.29 is 9.32 Å². The molecule has 4 rings (SSSR count). The lowest BCUT2D eigenvalue weighted by molar-refractivity contribution is 0.101. The number of thiophene rings is 1. The van der Waals surface area contributed by atoms with Gasteiger partial charge in [0.1, 0.15) is 11.5 Å². The van der Waals surface area contributed by atoms with Crippen LogP contribution in [0.25, 0.3) is 10.2 Å². The molecular weight excluding hydrogens is 334 g/mol. The lowest BCUT2D eigenvalue weighted by Gasteiger charge is -2.10. The molecule has 4 aromatic rings. The molecule has 0 aliphatic carbocycles. The molecule has 126 valence electrons. The molecule has 1 N–H and O–H groups in total. The number of aromatic nitrogens is 2. The second-order valence-electron chi connectivity index (χ2n) is 5.86. The summed E-state index contributed by atoms with van der Waals surface area (Å²) in [5, 5.41) is 8.69. The number of carbonyl (C=O) groups excluding carboxylic acids is 1. The van der Waals surface area contributed by atoms with E-state index in [0.717, 1.165) is 23.2 Å². The Morgan fingerprint density at radius 2 is 2.08 bits per heavy atom. The first-order valence-corrected chi connectivity index (χ1v) is 8.94. The minimum absolute atomic E-state index is 0.176. The van der Waals surface area contributed by atoms with E-state index in [0.29, 0.717) is 17.3 Å². The molecule has 5 nitrogen and oxygen atoms in total. The number of aryl methyl sites for hydroxylation is 3. The smallest absolute Gasteiger partial charge is 0.273 e. The standard InChI is InChI=1S/C19H17N3O2S/c1-13-11-18(21-24-13)20-19(23)16-12-17-15(8-10-25-17)22(16)9-7-14-5-3-2-4-6-14/h2-6,8,10-12H,7,9H2,1H3,(H,20,21,23). The quantitative estimate of drug-likeness (QED) is 0.576. The summed E-state index contributed by atoms with van der Waals surface area (Å²) in [6.45, 7) is 2.53. The molecule has 0 bridgehead atoms. The van der Waals surface area contributed by atoms with Crippen LogP contribution in [0.3, 0.4) is 0 Å². The first kappa shape index (κ1) is 15.7. The normalized spacial score (nSPS) is 11.1. The lowest BCUT2D eigenvalue weighted by Crippen LogP contribution is -2.18. The van der Waals surface area contributed by atoms with E-state index in [1.807, 2.05) is 29.6 Å². The van der Waals surface area contributed by atoms with E-state index in [-0.39, 0.29) is 5.91 Å². The Balaban J connectivity index is 1.61. The second kappa shape index (κ2) is 6.57. The number of hydrogen-bond acceptors (Lipinski definition) is 4. The number of carbonyl (C=O) groups is 1. The van der Waals surface area contributed by atoms with Crippen LogP contribution >= 0.6 is 11.3 Å². The zero-order valence-electron chi connectivity index (χ0n) is 13.7. The molecule has 0 radical (unpaired) electrons. The van der Waals surface area contributed by atoms with Gasteiger partial charge in [-0.05, 0) is 36.4 Å². The van der Waals surface area contributed by atoms with Crippen molar-refractivity contribution in [2.75, 3.05) is 5.32 Å². The van der Waals surface area contributed by atoms with Crippen molar-refractivity contribution in [1.82, 2.24) is 9.72 Å². The predicted molar refractivity (Wildman–Crippen MR) is 99.2 cm³/mol. The monoisotopic (exact) mass is 351 g/mol. The largest absolute Gasteiger partial charge is 0.360 e. The summed E-state index contributed by atoms with van der Waals surface area (Å²) in [7, 11) is 0. The summed E-state index contributed by atoms with van der Waals surface area (Å²) in [6.07, 6.45) is 0.865. The van der Waals surface area contributed by atoms with Crippen LogP contribution in [0.1, 0.15) is 21.8 Å².